The van der Waals surface area contributed by atoms with Gasteiger partial charge in [-0.3, -0.25) is 24.2 Å². The molecule has 3 amide bonds. The number of hydrogen-bond donors (Lipinski definition) is 2. The van der Waals surface area contributed by atoms with Crippen LogP contribution in [-0.2, 0) is 61.9 Å². The Hall–Kier alpha value is -9.57. The second kappa shape index (κ2) is 45.4. The van der Waals surface area contributed by atoms with Crippen LogP contribution in [0.25, 0.3) is 33.1 Å². The van der Waals surface area contributed by atoms with Crippen LogP contribution in [0, 0.1) is 40.9 Å². The number of halogens is 3. The molecule has 3 radical (unpaired) electrons. The van der Waals surface area contributed by atoms with Gasteiger partial charge in [0.05, 0.1) is 92.5 Å². The zero-order valence-corrected chi connectivity index (χ0v) is 82.0. The Morgan fingerprint density at radius 2 is 0.809 bits per heavy atom. The molecule has 131 heavy (non-hydrogen) atoms. The van der Waals surface area contributed by atoms with Gasteiger partial charge in [-0.05, 0) is 198 Å². The summed E-state index contributed by atoms with van der Waals surface area (Å²) >= 11 is 19.1. The van der Waals surface area contributed by atoms with E-state index in [1.165, 1.54) is 14.7 Å². The summed E-state index contributed by atoms with van der Waals surface area (Å²) in [6, 6.07) is 12.7. The van der Waals surface area contributed by atoms with Crippen molar-refractivity contribution in [2.24, 2.45) is 40.9 Å². The number of ether oxygens (including phenoxy) is 13. The molecule has 0 bridgehead atoms. The van der Waals surface area contributed by atoms with E-state index in [1.54, 1.807) is 187 Å². The fourth-order valence-corrected chi connectivity index (χ4v) is 15.3. The van der Waals surface area contributed by atoms with Gasteiger partial charge in [0.1, 0.15) is 99.4 Å². The number of aromatic nitrogens is 6. The average Bonchev–Trinajstić information content (AvgIpc) is 1.61. The highest BCUT2D eigenvalue weighted by Gasteiger charge is 2.54. The Morgan fingerprint density at radius 3 is 1.17 bits per heavy atom. The van der Waals surface area contributed by atoms with E-state index in [-0.39, 0.29) is 112 Å². The number of amides is 3. The average molecular weight is 1890 g/mol. The van der Waals surface area contributed by atoms with E-state index >= 15 is 0 Å². The molecule has 4 aliphatic heterocycles. The molecule has 0 unspecified atom stereocenters. The second-order valence-corrected chi connectivity index (χ2v) is 41.0. The minimum absolute atomic E-state index is 0. The summed E-state index contributed by atoms with van der Waals surface area (Å²) in [7, 11) is 4.71. The first-order valence-corrected chi connectivity index (χ1v) is 44.3. The van der Waals surface area contributed by atoms with Crippen molar-refractivity contribution in [3.05, 3.63) is 82.7 Å². The van der Waals surface area contributed by atoms with Crippen molar-refractivity contribution in [2.45, 2.75) is 308 Å². The zero-order valence-electron chi connectivity index (χ0n) is 79.8. The first-order valence-electron chi connectivity index (χ1n) is 43.2. The molecule has 32 nitrogen and oxygen atoms in total. The number of rotatable bonds is 21. The minimum Gasteiger partial charge on any atom is -0.497 e. The maximum atomic E-state index is 14.4. The summed E-state index contributed by atoms with van der Waals surface area (Å²) in [6.45, 7) is 49.5. The highest BCUT2D eigenvalue weighted by atomic mass is 35.5. The predicted molar refractivity (Wildman–Crippen MR) is 502 cm³/mol. The number of β-amino-alcohol motifs (C(OH)–C–C–N with tert-alkyl or cyclic N) is 1. The van der Waals surface area contributed by atoms with Crippen LogP contribution in [0.1, 0.15) is 220 Å². The quantitative estimate of drug-likeness (QED) is 0.0222. The minimum atomic E-state index is -0.956. The van der Waals surface area contributed by atoms with Crippen molar-refractivity contribution in [3.8, 4) is 34.9 Å². The first-order chi connectivity index (χ1) is 59.2. The highest BCUT2D eigenvalue weighted by Crippen LogP contribution is 2.43. The van der Waals surface area contributed by atoms with E-state index in [0.29, 0.717) is 62.8 Å². The molecule has 15 atom stereocenters. The molecule has 4 saturated heterocycles. The van der Waals surface area contributed by atoms with E-state index in [2.05, 4.69) is 41.8 Å². The molecule has 1 aliphatic carbocycles. The molecule has 3 aromatic carbocycles. The molecule has 5 fully saturated rings. The Kier molecular flexibility index (Phi) is 38.8. The Bertz CT molecular complexity index is 4960. The summed E-state index contributed by atoms with van der Waals surface area (Å²) in [5.74, 6) is -2.14. The second-order valence-electron chi connectivity index (χ2n) is 40.0. The van der Waals surface area contributed by atoms with Crippen LogP contribution in [-0.4, -0.2) is 242 Å². The SMILES string of the molecule is C.C.C=CCCC[C@@H]1C[C@H]1OC(=O)C[C@H](C(=O)N1C[C@H](Oc2nc3cc(OC)ccc3nc2Cl)[C@@H](C)[C@H]1C(=O)OC(C)(C)C)C(C)(C)C.COc1ccc2nc(Cl)c(O[C@H]3CN(C(=O)OC(C)(C)C)[C@H](C(=O)OC(C)(C)C)[C@@H]3C)nc2c1.COc1ccc2nc(Cl)c(O[C@H]3CN[C@H](C(=O)OC(C)(C)C)[C@@H]3C)nc2c1.C[C@H]1[C@@H](C(=O)OC(C)(C)C)N(C(=O)OC(C)(C)C)C[C@@H]1O.[B]. The molecule has 36 heteroatoms. The van der Waals surface area contributed by atoms with E-state index in [9.17, 15) is 43.5 Å². The van der Waals surface area contributed by atoms with Crippen molar-refractivity contribution < 1.29 is 105 Å². The third-order valence-electron chi connectivity index (χ3n) is 21.2. The molecule has 3 aromatic heterocycles. The largest absolute Gasteiger partial charge is 0.497 e. The number of esters is 5. The van der Waals surface area contributed by atoms with E-state index in [4.69, 9.17) is 96.4 Å². The third-order valence-corrected chi connectivity index (χ3v) is 22.0. The van der Waals surface area contributed by atoms with Gasteiger partial charge in [0, 0.05) is 56.8 Å². The summed E-state index contributed by atoms with van der Waals surface area (Å²) in [5.41, 5.74) is -1.20. The van der Waals surface area contributed by atoms with Crippen LogP contribution in [0.3, 0.4) is 0 Å². The Balaban J connectivity index is 0.000000319. The summed E-state index contributed by atoms with van der Waals surface area (Å²) in [6.07, 6.45) is 1.91. The molecule has 11 rings (SSSR count). The maximum absolute atomic E-state index is 14.4. The van der Waals surface area contributed by atoms with Crippen molar-refractivity contribution in [1.29, 1.82) is 0 Å². The van der Waals surface area contributed by atoms with Crippen molar-refractivity contribution in [2.75, 3.05) is 47.5 Å². The lowest BCUT2D eigenvalue weighted by Gasteiger charge is -2.35. The fraction of sp³-hybridized carbons (Fsp3) is 0.642. The lowest BCUT2D eigenvalue weighted by molar-refractivity contribution is -0.167. The number of aliphatic hydroxyl groups is 1. The molecular formula is C95H139BCl3N10O22. The van der Waals surface area contributed by atoms with Crippen molar-refractivity contribution in [1.82, 2.24) is 49.9 Å². The van der Waals surface area contributed by atoms with Gasteiger partial charge in [0.25, 0.3) is 17.6 Å². The van der Waals surface area contributed by atoms with Crippen LogP contribution >= 0.6 is 34.8 Å². The van der Waals surface area contributed by atoms with Crippen LogP contribution in [0.5, 0.6) is 34.9 Å². The van der Waals surface area contributed by atoms with Gasteiger partial charge in [-0.25, -0.2) is 53.9 Å². The molecule has 2 N–H and O–H groups in total. The number of nitrogens with zero attached hydrogens (tertiary/aromatic N) is 9. The number of aliphatic hydroxyl groups excluding tert-OH is 1. The fourth-order valence-electron chi connectivity index (χ4n) is 14.8. The third kappa shape index (κ3) is 31.5. The first kappa shape index (κ1) is 112. The number of hydrogen-bond acceptors (Lipinski definition) is 29. The molecule has 7 heterocycles. The van der Waals surface area contributed by atoms with Crippen molar-refractivity contribution in [3.63, 3.8) is 0 Å². The van der Waals surface area contributed by atoms with Crippen LogP contribution in [0.2, 0.25) is 15.5 Å². The predicted octanol–water partition coefficient (Wildman–Crippen LogP) is 17.0. The number of benzene rings is 3. The number of allylic oxidation sites excluding steroid dienone is 1. The number of fused-ring (bicyclic) bond motifs is 3. The zero-order chi connectivity index (χ0) is 95.7. The lowest BCUT2D eigenvalue weighted by atomic mass is 9.77. The van der Waals surface area contributed by atoms with Crippen LogP contribution in [0.4, 0.5) is 9.59 Å². The highest BCUT2D eigenvalue weighted by molar-refractivity contribution is 6.31. The normalized spacial score (nSPS) is 22.6. The van der Waals surface area contributed by atoms with Crippen molar-refractivity contribution >= 4 is 124 Å². The van der Waals surface area contributed by atoms with Gasteiger partial charge in [-0.15, -0.1) is 6.58 Å². The van der Waals surface area contributed by atoms with Gasteiger partial charge in [-0.1, -0.05) is 104 Å². The lowest BCUT2D eigenvalue weighted by Crippen LogP contribution is -2.50. The molecule has 1 saturated carbocycles. The van der Waals surface area contributed by atoms with Crippen LogP contribution < -0.4 is 33.7 Å². The van der Waals surface area contributed by atoms with Gasteiger partial charge in [0.15, 0.2) is 15.5 Å². The van der Waals surface area contributed by atoms with Gasteiger partial charge in [0.2, 0.25) is 5.91 Å². The molecule has 0 spiro atoms. The van der Waals surface area contributed by atoms with Gasteiger partial charge in [-0.2, -0.15) is 0 Å². The van der Waals surface area contributed by atoms with Gasteiger partial charge >= 0.3 is 42.0 Å². The monoisotopic (exact) mass is 1890 g/mol. The number of likely N-dealkylation sites (tertiary alicyclic amines) is 3. The molecule has 6 aromatic rings. The van der Waals surface area contributed by atoms with E-state index < -0.39 is 141 Å². The number of carbonyl (C=O) groups is 8. The number of unbranched alkanes of at least 4 members (excludes halogenated alkanes) is 1. The molecular weight excluding hydrogens is 1750 g/mol. The van der Waals surface area contributed by atoms with E-state index in [1.807, 2.05) is 68.4 Å². The smallest absolute Gasteiger partial charge is 0.411 e. The number of methoxy groups -OCH3 is 3. The molecule has 725 valence electrons. The molecule has 5 aliphatic rings. The summed E-state index contributed by atoms with van der Waals surface area (Å²) in [4.78, 5) is 135. The van der Waals surface area contributed by atoms with Gasteiger partial charge < -0.3 is 76.9 Å². The summed E-state index contributed by atoms with van der Waals surface area (Å²) in [5, 5.41) is 13.5. The number of carbonyl (C=O) groups excluding carboxylic acids is 8. The van der Waals surface area contributed by atoms with E-state index in [0.717, 1.165) is 25.7 Å². The standard InChI is InChI=1S/C35H48ClN3O7.C24H32ClN3O6.C19H24ClN3O4.C15H27NO5.2CH4.B/c1-10-11-12-13-21-16-26(21)44-28(40)18-23(34(3,4)5)32(41)39-19-27(20(2)29(39)33(42)46-35(6,7)8)45-31-30(36)37-24-15-14-22(43-9)17-25(24)38-31;1-13-17(32-20-19(25)26-15-10-9-14(31-8)11-16(15)27-20)12-28(22(30)34-24(5,6)7)18(13)21(29)33-23(2,3)4;1-10-14(9-21-15(10)18(24)27-19(2,3)4)26-17-16(20)22-12-7-6-11(25-5)8-13(12)23-17;1-9-10(17)8-16(13(19)21-15(5,6)7)11(9)12(18)20-14(2,3)4;;;/h10,14-15,17,20-21,23,26-27,29H,1,11-13,16,18-19H2,2-9H3;9-11,13,17-18H,12H2,1-8H3;6-8,10,14-15,21H,9H2,1-5H3;9-11,17H,8H2,1-7H3;2*1H4;/t20-,21-,23-,26-,27+,29+;13-,17+,18+;10-,14+,15+;9-,10+,11+;;;/m1111.../s1. The van der Waals surface area contributed by atoms with Crippen LogP contribution in [0.15, 0.2) is 67.3 Å². The Morgan fingerprint density at radius 1 is 0.466 bits per heavy atom. The maximum Gasteiger partial charge on any atom is 0.411 e. The number of nitrogens with one attached hydrogen (secondary N) is 1. The summed E-state index contributed by atoms with van der Waals surface area (Å²) < 4.78 is 73.0. The topological polar surface area (TPSA) is 376 Å². The Labute approximate surface area is 789 Å².